The topological polar surface area (TPSA) is 455 Å². The maximum atomic E-state index is 15.6. The fourth-order valence-electron chi connectivity index (χ4n) is 10.1. The molecular weight excluding hydrogens is 1240 g/mol. The first-order valence-corrected chi connectivity index (χ1v) is 28.8. The molecule has 0 unspecified atom stereocenters. The molecule has 31 heteroatoms. The van der Waals surface area contributed by atoms with E-state index in [0.717, 1.165) is 42.5 Å². The Kier molecular flexibility index (Phi) is 22.0. The molecule has 29 nitrogen and oxygen atoms in total. The molecule has 17 N–H and O–H groups in total. The summed E-state index contributed by atoms with van der Waals surface area (Å²) >= 11 is 13.9. The lowest BCUT2D eigenvalue weighted by molar-refractivity contribution is -0.277. The highest BCUT2D eigenvalue weighted by Gasteiger charge is 2.47. The summed E-state index contributed by atoms with van der Waals surface area (Å²) in [5, 5.41) is 105. The number of amides is 7. The normalized spacial score (nSPS) is 25.1. The molecule has 0 aromatic heterocycles. The second kappa shape index (κ2) is 29.4. The van der Waals surface area contributed by atoms with Crippen LogP contribution in [0.1, 0.15) is 84.8 Å². The third kappa shape index (κ3) is 15.8. The molecule has 14 atom stereocenters. The predicted octanol–water partition coefficient (Wildman–Crippen LogP) is 0.486. The molecule has 5 aliphatic rings. The number of nitrogens with two attached hydrogens (primary N) is 1. The van der Waals surface area contributed by atoms with Crippen molar-refractivity contribution in [1.82, 2.24) is 37.2 Å². The van der Waals surface area contributed by atoms with Crippen molar-refractivity contribution >= 4 is 70.5 Å². The van der Waals surface area contributed by atoms with E-state index >= 15 is 14.4 Å². The molecule has 5 aliphatic heterocycles. The number of phenolic OH excluding ortho intramolecular Hbond substituents is 1. The fraction of sp³-hybridized carbons (Fsp3) is 0.367. The number of carboxylic acids is 1. The lowest BCUT2D eigenvalue weighted by atomic mass is 9.97. The van der Waals surface area contributed by atoms with Crippen molar-refractivity contribution in [3.63, 3.8) is 0 Å². The van der Waals surface area contributed by atoms with Crippen molar-refractivity contribution in [3.8, 4) is 40.2 Å². The van der Waals surface area contributed by atoms with Crippen LogP contribution in [0.4, 0.5) is 0 Å². The van der Waals surface area contributed by atoms with Gasteiger partial charge in [-0.1, -0.05) is 73.4 Å². The van der Waals surface area contributed by atoms with Crippen LogP contribution in [0.2, 0.25) is 10.0 Å². The smallest absolute Gasteiger partial charge is 0.330 e. The molecule has 0 radical (unpaired) electrons. The number of hydrogen-bond donors (Lipinski definition) is 16. The van der Waals surface area contributed by atoms with Gasteiger partial charge in [-0.05, 0) is 108 Å². The Balaban J connectivity index is 1.37. The van der Waals surface area contributed by atoms with Crippen LogP contribution in [0.5, 0.6) is 40.2 Å². The van der Waals surface area contributed by atoms with Gasteiger partial charge in [-0.2, -0.15) is 0 Å². The SMILES string of the molecule is CN[C@@H](CC(C)C)C(=O)N[C@@H]1C(=O)N[C@H](CC(N)=O)C(=O)N[C@@H]2C(=O)N[C@@H](c3ccc(O)cc3)C(=O)N[C@H](C(=O)N[C@H](C(=O)O)c3cccc(OC)c3)[C@@H](O)c3ccc(c(Cl)c3)Oc3cc2cc(c3O[C@@H]2O[C@H](CO)[C@@H](O)[C@H](O)[C@H]2O)Oc2ccc(cc2Cl)[C@@H]1O. The average Bonchev–Trinajstić information content (AvgIpc) is 1.24. The standard InChI is InChI=1S/C60H66Cl2N8O21/c1-24(2)16-34(64-3)53(79)69-45-47(74)27-10-14-36(32(61)18-27)88-38-20-29-21-39(52(38)91-60-51(78)50(77)49(76)40(23-71)90-60)89-37-15-11-28(19-33(37)62)48(75)46(58(84)68-44(59(85)86)26-6-5-7-31(17-26)87-4)70-55(81)42(25-8-12-30(72)13-9-25)67-56(82)43(29)66-54(80)35(22-41(63)73)65-57(45)83/h5-15,17-21,24,34-35,40,42-51,60,64,71-72,74-78H,16,22-23H2,1-4H3,(H2,63,73)(H,65,83)(H,66,80)(H,67,82)(H,68,84)(H,69,79)(H,70,81)(H,85,86)/t34-,35+,40+,42-,43-,44-,45-,46-,47-,48-,49+,50-,51+,60-/m0/s1. The van der Waals surface area contributed by atoms with Gasteiger partial charge in [0.25, 0.3) is 0 Å². The predicted molar refractivity (Wildman–Crippen MR) is 317 cm³/mol. The minimum atomic E-state index is -2.24. The number of aliphatic carboxylic acids is 1. The van der Waals surface area contributed by atoms with Gasteiger partial charge in [0.1, 0.15) is 89.8 Å². The highest BCUT2D eigenvalue weighted by atomic mass is 35.5. The third-order valence-corrected chi connectivity index (χ3v) is 15.6. The molecule has 1 fully saturated rings. The number of aromatic hydroxyl groups is 1. The molecule has 486 valence electrons. The molecule has 7 amide bonds. The highest BCUT2D eigenvalue weighted by Crippen LogP contribution is 2.48. The number of benzene rings is 5. The number of carbonyl (C=O) groups is 8. The van der Waals surface area contributed by atoms with Crippen LogP contribution >= 0.6 is 23.2 Å². The number of hydrogen-bond acceptors (Lipinski definition) is 21. The van der Waals surface area contributed by atoms with E-state index < -0.39 is 173 Å². The maximum absolute atomic E-state index is 15.6. The van der Waals surface area contributed by atoms with Crippen LogP contribution in [0, 0.1) is 5.92 Å². The molecular formula is C60H66Cl2N8O21. The minimum absolute atomic E-state index is 0.0152. The molecule has 91 heavy (non-hydrogen) atoms. The van der Waals surface area contributed by atoms with Crippen molar-refractivity contribution in [2.24, 2.45) is 11.7 Å². The van der Waals surface area contributed by atoms with Crippen LogP contribution in [-0.2, 0) is 43.1 Å². The minimum Gasteiger partial charge on any atom is -0.508 e. The zero-order valence-corrected chi connectivity index (χ0v) is 50.2. The number of methoxy groups -OCH3 is 1. The van der Waals surface area contributed by atoms with Gasteiger partial charge in [0, 0.05) is 0 Å². The van der Waals surface area contributed by atoms with E-state index in [4.69, 9.17) is 52.6 Å². The number of aliphatic hydroxyl groups excluding tert-OH is 6. The fourth-order valence-corrected chi connectivity index (χ4v) is 10.6. The molecule has 7 bridgehead atoms. The second-order valence-corrected chi connectivity index (χ2v) is 22.7. The Bertz CT molecular complexity index is 3560. The lowest BCUT2D eigenvalue weighted by Gasteiger charge is -2.39. The molecule has 10 rings (SSSR count). The number of fused-ring (bicyclic) bond motifs is 16. The number of carboxylic acid groups (broad SMARTS) is 1. The van der Waals surface area contributed by atoms with E-state index in [1.165, 1.54) is 68.8 Å². The van der Waals surface area contributed by atoms with Crippen molar-refractivity contribution < 1.29 is 103 Å². The van der Waals surface area contributed by atoms with E-state index in [2.05, 4.69) is 37.2 Å². The van der Waals surface area contributed by atoms with Crippen LogP contribution in [-0.4, -0.2) is 164 Å². The van der Waals surface area contributed by atoms with Crippen molar-refractivity contribution in [2.45, 2.75) is 112 Å². The number of carbonyl (C=O) groups excluding carboxylic acids is 7. The molecule has 0 aliphatic carbocycles. The molecule has 0 saturated carbocycles. The third-order valence-electron chi connectivity index (χ3n) is 15.0. The lowest BCUT2D eigenvalue weighted by Crippen LogP contribution is -2.60. The number of halogens is 2. The zero-order valence-electron chi connectivity index (χ0n) is 48.7. The molecule has 5 aromatic carbocycles. The Labute approximate surface area is 528 Å². The van der Waals surface area contributed by atoms with Crippen LogP contribution in [0.15, 0.2) is 97.1 Å². The highest BCUT2D eigenvalue weighted by molar-refractivity contribution is 6.32. The van der Waals surface area contributed by atoms with E-state index in [9.17, 15) is 64.8 Å². The summed E-state index contributed by atoms with van der Waals surface area (Å²) in [4.78, 5) is 115. The van der Waals surface area contributed by atoms with Crippen LogP contribution in [0.3, 0.4) is 0 Å². The first-order valence-electron chi connectivity index (χ1n) is 28.1. The summed E-state index contributed by atoms with van der Waals surface area (Å²) in [6.45, 7) is 2.72. The summed E-state index contributed by atoms with van der Waals surface area (Å²) < 4.78 is 30.1. The first-order chi connectivity index (χ1) is 43.2. The molecule has 5 heterocycles. The summed E-state index contributed by atoms with van der Waals surface area (Å²) in [5.41, 5.74) is 4.73. The van der Waals surface area contributed by atoms with Gasteiger partial charge in [0.15, 0.2) is 17.5 Å². The number of likely N-dealkylation sites (N-methyl/N-ethyl adjacent to an activating group) is 1. The summed E-state index contributed by atoms with van der Waals surface area (Å²) in [6, 6.07) is 5.87. The van der Waals surface area contributed by atoms with Gasteiger partial charge in [-0.15, -0.1) is 0 Å². The van der Waals surface area contributed by atoms with Gasteiger partial charge < -0.3 is 107 Å². The summed E-state index contributed by atoms with van der Waals surface area (Å²) in [7, 11) is 2.80. The Morgan fingerprint density at radius 1 is 0.692 bits per heavy atom. The van der Waals surface area contributed by atoms with Crippen molar-refractivity contribution in [3.05, 3.63) is 135 Å². The van der Waals surface area contributed by atoms with Gasteiger partial charge in [0.2, 0.25) is 53.4 Å². The van der Waals surface area contributed by atoms with E-state index in [0.29, 0.717) is 0 Å². The number of phenols is 1. The molecule has 0 spiro atoms. The van der Waals surface area contributed by atoms with Crippen LogP contribution in [0.25, 0.3) is 0 Å². The monoisotopic (exact) mass is 1300 g/mol. The quantitative estimate of drug-likeness (QED) is 0.0639. The average molecular weight is 1310 g/mol. The summed E-state index contributed by atoms with van der Waals surface area (Å²) in [6.07, 6.45) is -14.7. The second-order valence-electron chi connectivity index (χ2n) is 21.8. The van der Waals surface area contributed by atoms with Gasteiger partial charge >= 0.3 is 5.97 Å². The Morgan fingerprint density at radius 3 is 1.84 bits per heavy atom. The number of rotatable bonds is 16. The van der Waals surface area contributed by atoms with Crippen molar-refractivity contribution in [2.75, 3.05) is 20.8 Å². The number of ether oxygens (including phenoxy) is 5. The van der Waals surface area contributed by atoms with E-state index in [1.54, 1.807) is 0 Å². The van der Waals surface area contributed by atoms with Gasteiger partial charge in [-0.3, -0.25) is 33.6 Å². The molecule has 5 aromatic rings. The Morgan fingerprint density at radius 2 is 1.27 bits per heavy atom. The van der Waals surface area contributed by atoms with Crippen molar-refractivity contribution in [1.29, 1.82) is 0 Å². The maximum Gasteiger partial charge on any atom is 0.330 e. The van der Waals surface area contributed by atoms with Gasteiger partial charge in [0.05, 0.1) is 36.2 Å². The molecule has 1 saturated heterocycles. The van der Waals surface area contributed by atoms with Gasteiger partial charge in [-0.25, -0.2) is 4.79 Å². The number of primary amides is 1. The van der Waals surface area contributed by atoms with E-state index in [1.807, 2.05) is 13.8 Å². The summed E-state index contributed by atoms with van der Waals surface area (Å²) in [5.74, 6) is -12.9. The zero-order chi connectivity index (χ0) is 66.3. The largest absolute Gasteiger partial charge is 0.508 e. The number of nitrogens with one attached hydrogen (secondary N) is 7. The van der Waals surface area contributed by atoms with E-state index in [-0.39, 0.29) is 62.6 Å². The number of aliphatic hydroxyl groups is 6. The van der Waals surface area contributed by atoms with Crippen LogP contribution < -0.4 is 61.9 Å². The Hall–Kier alpha value is -8.88. The first kappa shape index (κ1) is 68.0.